The average molecular weight is 360 g/mol. The van der Waals surface area contributed by atoms with Crippen molar-refractivity contribution in [3.63, 3.8) is 0 Å². The van der Waals surface area contributed by atoms with Crippen molar-refractivity contribution in [2.45, 2.75) is 31.9 Å². The van der Waals surface area contributed by atoms with Gasteiger partial charge in [-0.3, -0.25) is 14.4 Å². The first-order chi connectivity index (χ1) is 12.9. The Morgan fingerprint density at radius 2 is 1.96 bits per heavy atom. The van der Waals surface area contributed by atoms with E-state index in [4.69, 9.17) is 4.98 Å². The van der Waals surface area contributed by atoms with E-state index in [2.05, 4.69) is 0 Å². The maximum Gasteiger partial charge on any atom is 0.255 e. The number of fused-ring (bicyclic) bond motifs is 5. The Hall–Kier alpha value is -3.12. The van der Waals surface area contributed by atoms with Gasteiger partial charge in [0.2, 0.25) is 11.6 Å². The number of aromatic nitrogens is 2. The summed E-state index contributed by atoms with van der Waals surface area (Å²) in [6, 6.07) is 11.4. The molecular weight excluding hydrogens is 344 g/mol. The minimum Gasteiger partial charge on any atom is -0.377 e. The Bertz CT molecular complexity index is 1240. The summed E-state index contributed by atoms with van der Waals surface area (Å²) in [5, 5.41) is 11.9. The van der Waals surface area contributed by atoms with Gasteiger partial charge in [0.05, 0.1) is 23.4 Å². The molecular formula is C21H16N2O4. The molecule has 0 fully saturated rings. The van der Waals surface area contributed by atoms with Crippen molar-refractivity contribution in [3.05, 3.63) is 63.4 Å². The van der Waals surface area contributed by atoms with E-state index in [9.17, 15) is 19.5 Å². The van der Waals surface area contributed by atoms with Crippen molar-refractivity contribution in [1.82, 2.24) is 9.55 Å². The van der Waals surface area contributed by atoms with Gasteiger partial charge in [-0.2, -0.15) is 0 Å². The number of pyridine rings is 2. The zero-order valence-electron chi connectivity index (χ0n) is 14.7. The number of benzene rings is 1. The number of hydrogen-bond acceptors (Lipinski definition) is 5. The summed E-state index contributed by atoms with van der Waals surface area (Å²) in [6.45, 7) is 1.99. The molecule has 1 unspecified atom stereocenters. The number of hydrogen-bond donors (Lipinski definition) is 1. The Kier molecular flexibility index (Phi) is 3.10. The van der Waals surface area contributed by atoms with E-state index >= 15 is 0 Å². The fourth-order valence-corrected chi connectivity index (χ4v) is 4.20. The zero-order chi connectivity index (χ0) is 18.9. The summed E-state index contributed by atoms with van der Waals surface area (Å²) >= 11 is 0. The molecule has 2 aromatic heterocycles. The molecule has 27 heavy (non-hydrogen) atoms. The lowest BCUT2D eigenvalue weighted by molar-refractivity contribution is -0.150. The highest BCUT2D eigenvalue weighted by Gasteiger charge is 2.47. The Morgan fingerprint density at radius 1 is 1.19 bits per heavy atom. The predicted molar refractivity (Wildman–Crippen MR) is 98.4 cm³/mol. The van der Waals surface area contributed by atoms with Crippen LogP contribution in [-0.2, 0) is 28.2 Å². The van der Waals surface area contributed by atoms with Gasteiger partial charge >= 0.3 is 0 Å². The fourth-order valence-electron chi connectivity index (χ4n) is 4.20. The molecule has 3 aromatic rings. The second kappa shape index (κ2) is 5.20. The maximum atomic E-state index is 13.1. The molecule has 0 saturated heterocycles. The highest BCUT2D eigenvalue weighted by atomic mass is 16.3. The normalized spacial score (nSPS) is 20.5. The quantitative estimate of drug-likeness (QED) is 0.522. The van der Waals surface area contributed by atoms with E-state index in [-0.39, 0.29) is 29.5 Å². The molecule has 6 heteroatoms. The molecule has 1 aromatic carbocycles. The number of ketones is 2. The SMILES string of the molecule is CCC1(O)C(=O)C(=O)Cc2c1cc1n(c2=O)Cc2cc3ccccc3nc2-1. The summed E-state index contributed by atoms with van der Waals surface area (Å²) in [5.74, 6) is -1.56. The van der Waals surface area contributed by atoms with Crippen LogP contribution in [0.25, 0.3) is 22.3 Å². The Balaban J connectivity index is 1.82. The lowest BCUT2D eigenvalue weighted by Crippen LogP contribution is -2.48. The number of aliphatic hydroxyl groups is 1. The third-order valence-corrected chi connectivity index (χ3v) is 5.70. The van der Waals surface area contributed by atoms with Crippen LogP contribution >= 0.6 is 0 Å². The summed E-state index contributed by atoms with van der Waals surface area (Å²) in [6.07, 6.45) is -0.229. The third-order valence-electron chi connectivity index (χ3n) is 5.70. The van der Waals surface area contributed by atoms with Crippen LogP contribution in [0.2, 0.25) is 0 Å². The molecule has 0 amide bonds. The van der Waals surface area contributed by atoms with Crippen molar-refractivity contribution in [2.75, 3.05) is 0 Å². The van der Waals surface area contributed by atoms with Crippen LogP contribution in [0.4, 0.5) is 0 Å². The number of rotatable bonds is 1. The number of carbonyl (C=O) groups is 2. The molecule has 0 saturated carbocycles. The van der Waals surface area contributed by atoms with Crippen molar-refractivity contribution in [1.29, 1.82) is 0 Å². The zero-order valence-corrected chi connectivity index (χ0v) is 14.7. The number of nitrogens with zero attached hydrogens (tertiary/aromatic N) is 2. The maximum absolute atomic E-state index is 13.1. The molecule has 0 spiro atoms. The van der Waals surface area contributed by atoms with Crippen molar-refractivity contribution < 1.29 is 14.7 Å². The van der Waals surface area contributed by atoms with Gasteiger partial charge in [0, 0.05) is 28.5 Å². The van der Waals surface area contributed by atoms with Crippen molar-refractivity contribution in [2.24, 2.45) is 0 Å². The van der Waals surface area contributed by atoms with Crippen LogP contribution in [0.15, 0.2) is 41.2 Å². The lowest BCUT2D eigenvalue weighted by Gasteiger charge is -2.31. The number of para-hydroxylation sites is 1. The van der Waals surface area contributed by atoms with Crippen LogP contribution in [0, 0.1) is 0 Å². The number of carbonyl (C=O) groups excluding carboxylic acids is 2. The van der Waals surface area contributed by atoms with Crippen molar-refractivity contribution in [3.8, 4) is 11.4 Å². The molecule has 1 aliphatic carbocycles. The van der Waals surface area contributed by atoms with Gasteiger partial charge in [-0.15, -0.1) is 0 Å². The fraction of sp³-hybridized carbons (Fsp3) is 0.238. The largest absolute Gasteiger partial charge is 0.377 e. The first-order valence-electron chi connectivity index (χ1n) is 8.90. The number of Topliss-reactive ketones (excluding diaryl/α,β-unsaturated/α-hetero) is 2. The first kappa shape index (κ1) is 16.1. The Morgan fingerprint density at radius 3 is 2.74 bits per heavy atom. The summed E-state index contributed by atoms with van der Waals surface area (Å²) < 4.78 is 1.58. The topological polar surface area (TPSA) is 89.3 Å². The minimum atomic E-state index is -1.95. The van der Waals surface area contributed by atoms with Crippen molar-refractivity contribution >= 4 is 22.5 Å². The van der Waals surface area contributed by atoms with Crippen LogP contribution in [-0.4, -0.2) is 26.2 Å². The molecule has 2 aliphatic rings. The van der Waals surface area contributed by atoms with Gasteiger partial charge in [-0.25, -0.2) is 4.98 Å². The van der Waals surface area contributed by atoms with Gasteiger partial charge in [-0.05, 0) is 24.6 Å². The monoisotopic (exact) mass is 360 g/mol. The summed E-state index contributed by atoms with van der Waals surface area (Å²) in [7, 11) is 0. The summed E-state index contributed by atoms with van der Waals surface area (Å²) in [5.41, 5.74) is 1.15. The van der Waals surface area contributed by atoms with E-state index in [0.29, 0.717) is 17.9 Å². The van der Waals surface area contributed by atoms with Crippen LogP contribution in [0.5, 0.6) is 0 Å². The van der Waals surface area contributed by atoms with E-state index in [0.717, 1.165) is 16.5 Å². The molecule has 5 rings (SSSR count). The predicted octanol–water partition coefficient (Wildman–Crippen LogP) is 1.72. The van der Waals surface area contributed by atoms with Crippen LogP contribution in [0.1, 0.15) is 30.0 Å². The molecule has 1 aliphatic heterocycles. The second-order valence-corrected chi connectivity index (χ2v) is 7.14. The highest BCUT2D eigenvalue weighted by Crippen LogP contribution is 2.38. The van der Waals surface area contributed by atoms with E-state index in [1.54, 1.807) is 17.6 Å². The Labute approximate surface area is 154 Å². The van der Waals surface area contributed by atoms with Gasteiger partial charge in [0.25, 0.3) is 5.56 Å². The van der Waals surface area contributed by atoms with E-state index in [1.165, 1.54) is 0 Å². The molecule has 0 bridgehead atoms. The standard InChI is InChI=1S/C21H16N2O4/c1-2-21(27)14-9-16-18-12(7-11-5-3-4-6-15(11)22-18)10-23(16)20(26)13(14)8-17(24)19(21)25/h3-7,9,27H,2,8,10H2,1H3. The van der Waals surface area contributed by atoms with Crippen LogP contribution < -0.4 is 5.56 Å². The van der Waals surface area contributed by atoms with Gasteiger partial charge in [-0.1, -0.05) is 25.1 Å². The van der Waals surface area contributed by atoms with E-state index in [1.807, 2.05) is 30.3 Å². The first-order valence-corrected chi connectivity index (χ1v) is 8.90. The smallest absolute Gasteiger partial charge is 0.255 e. The molecule has 1 atom stereocenters. The highest BCUT2D eigenvalue weighted by molar-refractivity contribution is 6.41. The molecule has 134 valence electrons. The lowest BCUT2D eigenvalue weighted by atomic mass is 9.76. The third kappa shape index (κ3) is 1.99. The van der Waals surface area contributed by atoms with Gasteiger partial charge in [0.15, 0.2) is 5.60 Å². The molecule has 0 radical (unpaired) electrons. The molecule has 6 nitrogen and oxygen atoms in total. The summed E-state index contributed by atoms with van der Waals surface area (Å²) in [4.78, 5) is 42.2. The minimum absolute atomic E-state index is 0.0332. The molecule has 3 heterocycles. The second-order valence-electron chi connectivity index (χ2n) is 7.14. The molecule has 1 N–H and O–H groups in total. The van der Waals surface area contributed by atoms with Gasteiger partial charge in [0.1, 0.15) is 0 Å². The average Bonchev–Trinajstić information content (AvgIpc) is 3.03. The van der Waals surface area contributed by atoms with E-state index < -0.39 is 17.2 Å². The van der Waals surface area contributed by atoms with Gasteiger partial charge < -0.3 is 9.67 Å². The van der Waals surface area contributed by atoms with Crippen LogP contribution in [0.3, 0.4) is 0 Å².